The molecule has 4 rings (SSSR count). The molecule has 1 aromatic heterocycles. The lowest BCUT2D eigenvalue weighted by molar-refractivity contribution is -0.121. The van der Waals surface area contributed by atoms with E-state index in [1.807, 2.05) is 6.92 Å². The SMILES string of the molecule is CCCCOC(=O)c1cc(N)cc(-c2cnc(NC3CC3)c(=O)n2CC(=O)NCc2ccc(C(N)=NO)cc2)c1. The zero-order valence-electron chi connectivity index (χ0n) is 22.2. The number of amides is 1. The van der Waals surface area contributed by atoms with Crippen molar-refractivity contribution in [2.45, 2.75) is 51.7 Å². The molecule has 40 heavy (non-hydrogen) atoms. The van der Waals surface area contributed by atoms with Crippen molar-refractivity contribution in [3.8, 4) is 11.3 Å². The maximum absolute atomic E-state index is 13.4. The Morgan fingerprint density at radius 3 is 2.60 bits per heavy atom. The highest BCUT2D eigenvalue weighted by molar-refractivity contribution is 5.97. The molecule has 1 fully saturated rings. The highest BCUT2D eigenvalue weighted by Gasteiger charge is 2.24. The van der Waals surface area contributed by atoms with Crippen LogP contribution >= 0.6 is 0 Å². The summed E-state index contributed by atoms with van der Waals surface area (Å²) in [6, 6.07) is 11.7. The summed E-state index contributed by atoms with van der Waals surface area (Å²) in [5.74, 6) is -0.794. The summed E-state index contributed by atoms with van der Waals surface area (Å²) in [6.07, 6.45) is 5.00. The Bertz CT molecular complexity index is 1460. The van der Waals surface area contributed by atoms with Gasteiger partial charge in [0.25, 0.3) is 5.56 Å². The Morgan fingerprint density at radius 2 is 1.93 bits per heavy atom. The molecule has 210 valence electrons. The van der Waals surface area contributed by atoms with E-state index < -0.39 is 17.4 Å². The number of carbonyl (C=O) groups is 2. The van der Waals surface area contributed by atoms with E-state index in [2.05, 4.69) is 20.8 Å². The molecule has 1 aliphatic rings. The number of rotatable bonds is 12. The van der Waals surface area contributed by atoms with Crippen molar-refractivity contribution in [2.24, 2.45) is 10.9 Å². The number of oxime groups is 1. The van der Waals surface area contributed by atoms with Gasteiger partial charge in [-0.05, 0) is 43.0 Å². The van der Waals surface area contributed by atoms with Crippen LogP contribution in [0, 0.1) is 0 Å². The van der Waals surface area contributed by atoms with E-state index in [0.29, 0.717) is 29.1 Å². The Kier molecular flexibility index (Phi) is 9.00. The number of unbranched alkanes of at least 4 members (excludes halogenated alkanes) is 1. The van der Waals surface area contributed by atoms with Crippen molar-refractivity contribution in [1.82, 2.24) is 14.9 Å². The average molecular weight is 548 g/mol. The highest BCUT2D eigenvalue weighted by atomic mass is 16.5. The Balaban J connectivity index is 1.58. The topological polar surface area (TPSA) is 187 Å². The van der Waals surface area contributed by atoms with Gasteiger partial charge in [0.05, 0.1) is 24.1 Å². The second-order valence-electron chi connectivity index (χ2n) is 9.59. The fourth-order valence-corrected chi connectivity index (χ4v) is 3.96. The number of aromatic nitrogens is 2. The number of anilines is 2. The fourth-order valence-electron chi connectivity index (χ4n) is 3.96. The van der Waals surface area contributed by atoms with Crippen molar-refractivity contribution in [1.29, 1.82) is 0 Å². The molecule has 1 saturated carbocycles. The van der Waals surface area contributed by atoms with E-state index in [4.69, 9.17) is 21.4 Å². The summed E-state index contributed by atoms with van der Waals surface area (Å²) in [5.41, 5.74) is 13.9. The molecule has 0 radical (unpaired) electrons. The number of nitrogens with zero attached hydrogens (tertiary/aromatic N) is 3. The molecule has 0 spiro atoms. The van der Waals surface area contributed by atoms with Crippen LogP contribution in [0.3, 0.4) is 0 Å². The van der Waals surface area contributed by atoms with Crippen LogP contribution in [0.1, 0.15) is 54.1 Å². The quantitative estimate of drug-likeness (QED) is 0.0432. The molecule has 2 aromatic carbocycles. The maximum atomic E-state index is 13.4. The summed E-state index contributed by atoms with van der Waals surface area (Å²) < 4.78 is 6.64. The van der Waals surface area contributed by atoms with Gasteiger partial charge in [0, 0.05) is 29.4 Å². The standard InChI is InChI=1S/C28H33N7O5/c1-2-3-10-40-28(38)20-11-19(12-21(29)13-20)23-15-32-26(33-22-8-9-22)27(37)35(23)16-24(36)31-14-17-4-6-18(7-5-17)25(30)34-39/h4-7,11-13,15,22,39H,2-3,8-10,14,16,29H2,1H3,(H2,30,34)(H,31,36)(H,32,33). The summed E-state index contributed by atoms with van der Waals surface area (Å²) in [7, 11) is 0. The van der Waals surface area contributed by atoms with Crippen LogP contribution in [0.15, 0.2) is 58.6 Å². The number of hydrogen-bond donors (Lipinski definition) is 5. The van der Waals surface area contributed by atoms with Gasteiger partial charge in [0.1, 0.15) is 6.54 Å². The molecule has 1 amide bonds. The largest absolute Gasteiger partial charge is 0.462 e. The molecular formula is C28H33N7O5. The predicted molar refractivity (Wildman–Crippen MR) is 151 cm³/mol. The second-order valence-corrected chi connectivity index (χ2v) is 9.59. The van der Waals surface area contributed by atoms with Gasteiger partial charge in [-0.15, -0.1) is 0 Å². The summed E-state index contributed by atoms with van der Waals surface area (Å²) in [5, 5.41) is 17.7. The van der Waals surface area contributed by atoms with Gasteiger partial charge in [-0.1, -0.05) is 42.8 Å². The molecule has 1 heterocycles. The lowest BCUT2D eigenvalue weighted by Gasteiger charge is -2.16. The van der Waals surface area contributed by atoms with E-state index in [0.717, 1.165) is 31.2 Å². The normalized spacial score (nSPS) is 13.1. The molecule has 7 N–H and O–H groups in total. The van der Waals surface area contributed by atoms with E-state index in [1.54, 1.807) is 36.4 Å². The van der Waals surface area contributed by atoms with Crippen molar-refractivity contribution < 1.29 is 19.5 Å². The lowest BCUT2D eigenvalue weighted by Crippen LogP contribution is -2.34. The lowest BCUT2D eigenvalue weighted by atomic mass is 10.1. The van der Waals surface area contributed by atoms with Crippen LogP contribution in [0.5, 0.6) is 0 Å². The van der Waals surface area contributed by atoms with Gasteiger partial charge in [-0.25, -0.2) is 9.78 Å². The maximum Gasteiger partial charge on any atom is 0.338 e. The number of nitrogen functional groups attached to an aromatic ring is 1. The van der Waals surface area contributed by atoms with Crippen molar-refractivity contribution >= 4 is 29.2 Å². The average Bonchev–Trinajstić information content (AvgIpc) is 3.78. The third-order valence-electron chi connectivity index (χ3n) is 6.34. The first-order valence-electron chi connectivity index (χ1n) is 13.1. The van der Waals surface area contributed by atoms with Gasteiger partial charge >= 0.3 is 5.97 Å². The first-order chi connectivity index (χ1) is 19.3. The number of nitrogens with two attached hydrogens (primary N) is 2. The summed E-state index contributed by atoms with van der Waals surface area (Å²) >= 11 is 0. The van der Waals surface area contributed by atoms with Crippen LogP contribution in [-0.4, -0.2) is 45.1 Å². The fraction of sp³-hybridized carbons (Fsp3) is 0.321. The predicted octanol–water partition coefficient (Wildman–Crippen LogP) is 2.43. The van der Waals surface area contributed by atoms with Crippen LogP contribution in [-0.2, 0) is 22.6 Å². The van der Waals surface area contributed by atoms with E-state index in [9.17, 15) is 14.4 Å². The third kappa shape index (κ3) is 7.16. The van der Waals surface area contributed by atoms with E-state index in [1.165, 1.54) is 16.8 Å². The van der Waals surface area contributed by atoms with Crippen LogP contribution in [0.2, 0.25) is 0 Å². The van der Waals surface area contributed by atoms with Crippen LogP contribution < -0.4 is 27.7 Å². The van der Waals surface area contributed by atoms with E-state index >= 15 is 0 Å². The van der Waals surface area contributed by atoms with Gasteiger partial charge in [-0.2, -0.15) is 0 Å². The molecule has 0 unspecified atom stereocenters. The minimum absolute atomic E-state index is 0.0188. The summed E-state index contributed by atoms with van der Waals surface area (Å²) in [4.78, 5) is 43.4. The van der Waals surface area contributed by atoms with E-state index in [-0.39, 0.29) is 36.3 Å². The van der Waals surface area contributed by atoms with Gasteiger partial charge in [-0.3, -0.25) is 14.2 Å². The summed E-state index contributed by atoms with van der Waals surface area (Å²) in [6.45, 7) is 2.20. The first kappa shape index (κ1) is 28.1. The molecule has 12 nitrogen and oxygen atoms in total. The van der Waals surface area contributed by atoms with Gasteiger partial charge < -0.3 is 32.0 Å². The highest BCUT2D eigenvalue weighted by Crippen LogP contribution is 2.26. The van der Waals surface area contributed by atoms with Crippen molar-refractivity contribution in [3.05, 3.63) is 75.7 Å². The Morgan fingerprint density at radius 1 is 1.18 bits per heavy atom. The van der Waals surface area contributed by atoms with Crippen LogP contribution in [0.25, 0.3) is 11.3 Å². The minimum atomic E-state index is -0.522. The molecule has 0 aliphatic heterocycles. The zero-order chi connectivity index (χ0) is 28.6. The third-order valence-corrected chi connectivity index (χ3v) is 6.34. The number of carbonyl (C=O) groups excluding carboxylic acids is 2. The number of ether oxygens (including phenoxy) is 1. The molecule has 0 saturated heterocycles. The minimum Gasteiger partial charge on any atom is -0.462 e. The van der Waals surface area contributed by atoms with Crippen LogP contribution in [0.4, 0.5) is 11.5 Å². The van der Waals surface area contributed by atoms with Gasteiger partial charge in [0.15, 0.2) is 11.7 Å². The van der Waals surface area contributed by atoms with Gasteiger partial charge in [0.2, 0.25) is 5.91 Å². The smallest absolute Gasteiger partial charge is 0.338 e. The number of hydrogen-bond acceptors (Lipinski definition) is 9. The zero-order valence-corrected chi connectivity index (χ0v) is 22.2. The Hall–Kier alpha value is -4.87. The van der Waals surface area contributed by atoms with Crippen molar-refractivity contribution in [2.75, 3.05) is 17.7 Å². The molecule has 1 aliphatic carbocycles. The second kappa shape index (κ2) is 12.8. The first-order valence-corrected chi connectivity index (χ1v) is 13.1. The number of nitrogens with one attached hydrogen (secondary N) is 2. The number of benzene rings is 2. The molecular weight excluding hydrogens is 514 g/mol. The molecule has 0 bridgehead atoms. The molecule has 0 atom stereocenters. The molecule has 12 heteroatoms. The monoisotopic (exact) mass is 547 g/mol. The number of amidine groups is 1. The van der Waals surface area contributed by atoms with Crippen molar-refractivity contribution in [3.63, 3.8) is 0 Å². The molecule has 3 aromatic rings. The number of esters is 1. The Labute approximate surface area is 231 Å².